The second-order valence-electron chi connectivity index (χ2n) is 8.02. The van der Waals surface area contributed by atoms with Crippen molar-refractivity contribution < 1.29 is 34.4 Å². The molecule has 4 rings (SSSR count). The molecule has 4 unspecified atom stereocenters. The van der Waals surface area contributed by atoms with E-state index in [1.54, 1.807) is 24.3 Å². The number of methoxy groups -OCH3 is 1. The van der Waals surface area contributed by atoms with Gasteiger partial charge in [-0.3, -0.25) is 4.90 Å². The third kappa shape index (κ3) is 4.98. The van der Waals surface area contributed by atoms with Crippen LogP contribution in [0.4, 0.5) is 0 Å². The highest BCUT2D eigenvalue weighted by molar-refractivity contribution is 7.14. The topological polar surface area (TPSA) is 117 Å². The molecule has 2 heterocycles. The van der Waals surface area contributed by atoms with Crippen molar-refractivity contribution in [1.29, 1.82) is 0 Å². The molecule has 0 fully saturated rings. The van der Waals surface area contributed by atoms with Gasteiger partial charge in [-0.15, -0.1) is 11.3 Å². The molecule has 0 saturated carbocycles. The van der Waals surface area contributed by atoms with Crippen molar-refractivity contribution in [3.05, 3.63) is 63.0 Å². The first-order valence-corrected chi connectivity index (χ1v) is 11.6. The number of hydrogen-bond acceptors (Lipinski definition) is 9. The minimum absolute atomic E-state index is 0.103. The number of hydrogen-bond donors (Lipinski definition) is 3. The molecule has 1 aliphatic heterocycles. The van der Waals surface area contributed by atoms with Gasteiger partial charge in [-0.25, -0.2) is 9.59 Å². The highest BCUT2D eigenvalue weighted by Gasteiger charge is 2.35. The Kier molecular flexibility index (Phi) is 7.18. The van der Waals surface area contributed by atoms with Crippen molar-refractivity contribution in [3.8, 4) is 5.06 Å². The number of benzene rings is 1. The quantitative estimate of drug-likeness (QED) is 0.541. The summed E-state index contributed by atoms with van der Waals surface area (Å²) in [5.41, 5.74) is 1.71. The minimum atomic E-state index is -1.33. The molecular weight excluding hydrogens is 470 g/mol. The average Bonchev–Trinajstić information content (AvgIpc) is 3.19. The first kappa shape index (κ1) is 23.9. The maximum absolute atomic E-state index is 12.6. The fourth-order valence-electron chi connectivity index (χ4n) is 4.13. The fraction of sp³-hybridized carbons (Fsp3) is 0.391. The number of nitrogens with zero attached hydrogens (tertiary/aromatic N) is 1. The average molecular weight is 494 g/mol. The van der Waals surface area contributed by atoms with E-state index >= 15 is 0 Å². The zero-order chi connectivity index (χ0) is 23.7. The van der Waals surface area contributed by atoms with Crippen LogP contribution >= 0.6 is 22.9 Å². The molecule has 176 valence electrons. The molecule has 2 aromatic rings. The van der Waals surface area contributed by atoms with E-state index in [0.717, 1.165) is 10.4 Å². The minimum Gasteiger partial charge on any atom is -0.468 e. The lowest BCUT2D eigenvalue weighted by atomic mass is 9.92. The van der Waals surface area contributed by atoms with Crippen LogP contribution in [0.3, 0.4) is 0 Å². The van der Waals surface area contributed by atoms with Crippen molar-refractivity contribution in [2.75, 3.05) is 13.7 Å². The highest BCUT2D eigenvalue weighted by Crippen LogP contribution is 2.38. The summed E-state index contributed by atoms with van der Waals surface area (Å²) in [5.74, 6) is -1.09. The molecule has 0 saturated heterocycles. The van der Waals surface area contributed by atoms with E-state index in [1.165, 1.54) is 24.5 Å². The fourth-order valence-corrected chi connectivity index (χ4v) is 5.38. The van der Waals surface area contributed by atoms with Gasteiger partial charge in [0.05, 0.1) is 13.2 Å². The largest absolute Gasteiger partial charge is 0.468 e. The molecule has 0 bridgehead atoms. The Bertz CT molecular complexity index is 1080. The summed E-state index contributed by atoms with van der Waals surface area (Å²) >= 11 is 7.70. The maximum atomic E-state index is 12.6. The van der Waals surface area contributed by atoms with Gasteiger partial charge in [-0.1, -0.05) is 29.8 Å². The smallest absolute Gasteiger partial charge is 0.340 e. The van der Waals surface area contributed by atoms with Crippen molar-refractivity contribution >= 4 is 34.9 Å². The summed E-state index contributed by atoms with van der Waals surface area (Å²) < 4.78 is 10.5. The number of carbonyl (C=O) groups excluding carboxylic acids is 2. The van der Waals surface area contributed by atoms with Gasteiger partial charge in [0.2, 0.25) is 0 Å². The Hall–Kier alpha value is -2.27. The Morgan fingerprint density at radius 1 is 1.24 bits per heavy atom. The molecule has 3 N–H and O–H groups in total. The second kappa shape index (κ2) is 9.92. The van der Waals surface area contributed by atoms with Crippen molar-refractivity contribution in [1.82, 2.24) is 4.90 Å². The van der Waals surface area contributed by atoms with E-state index in [0.29, 0.717) is 35.2 Å². The Morgan fingerprint density at radius 2 is 2.00 bits per heavy atom. The van der Waals surface area contributed by atoms with Gasteiger partial charge in [-0.05, 0) is 35.8 Å². The van der Waals surface area contributed by atoms with Crippen LogP contribution in [0, 0.1) is 0 Å². The molecule has 0 spiro atoms. The Morgan fingerprint density at radius 3 is 2.70 bits per heavy atom. The van der Waals surface area contributed by atoms with Crippen LogP contribution in [0.2, 0.25) is 5.02 Å². The molecule has 10 heteroatoms. The number of halogens is 1. The number of thiophene rings is 1. The summed E-state index contributed by atoms with van der Waals surface area (Å²) in [6.45, 7) is 1.04. The van der Waals surface area contributed by atoms with Crippen LogP contribution in [0.1, 0.15) is 28.5 Å². The molecule has 33 heavy (non-hydrogen) atoms. The number of ether oxygens (including phenoxy) is 2. The van der Waals surface area contributed by atoms with Gasteiger partial charge in [0, 0.05) is 35.0 Å². The SMILES string of the molecule is COC(=O)C(c1ccccc1Cl)N1CCc2sc(OC(=O)C3=CC(O)C(O)C(O)C3)cc2C1. The number of aliphatic hydroxyl groups is 3. The lowest BCUT2D eigenvalue weighted by Crippen LogP contribution is -2.41. The number of aliphatic hydroxyl groups excluding tert-OH is 3. The molecule has 1 aromatic carbocycles. The maximum Gasteiger partial charge on any atom is 0.340 e. The van der Waals surface area contributed by atoms with Gasteiger partial charge in [0.1, 0.15) is 18.2 Å². The second-order valence-corrected chi connectivity index (χ2v) is 9.52. The molecule has 2 aliphatic rings. The highest BCUT2D eigenvalue weighted by atomic mass is 35.5. The van der Waals surface area contributed by atoms with Crippen LogP contribution in [0.5, 0.6) is 5.06 Å². The van der Waals surface area contributed by atoms with Crippen LogP contribution in [-0.4, -0.2) is 64.1 Å². The lowest BCUT2D eigenvalue weighted by molar-refractivity contribution is -0.147. The van der Waals surface area contributed by atoms with Crippen molar-refractivity contribution in [2.24, 2.45) is 0 Å². The summed E-state index contributed by atoms with van der Waals surface area (Å²) in [7, 11) is 1.34. The third-order valence-electron chi connectivity index (χ3n) is 5.86. The van der Waals surface area contributed by atoms with E-state index < -0.39 is 36.3 Å². The van der Waals surface area contributed by atoms with E-state index in [1.807, 2.05) is 11.0 Å². The number of fused-ring (bicyclic) bond motifs is 1. The monoisotopic (exact) mass is 493 g/mol. The zero-order valence-corrected chi connectivity index (χ0v) is 19.4. The third-order valence-corrected chi connectivity index (χ3v) is 7.32. The first-order valence-electron chi connectivity index (χ1n) is 10.4. The van der Waals surface area contributed by atoms with Gasteiger partial charge < -0.3 is 24.8 Å². The first-order chi connectivity index (χ1) is 15.8. The summed E-state index contributed by atoms with van der Waals surface area (Å²) in [4.78, 5) is 28.2. The molecule has 0 amide bonds. The molecule has 1 aromatic heterocycles. The predicted octanol–water partition coefficient (Wildman–Crippen LogP) is 1.99. The van der Waals surface area contributed by atoms with Gasteiger partial charge in [-0.2, -0.15) is 0 Å². The Balaban J connectivity index is 1.51. The van der Waals surface area contributed by atoms with E-state index in [-0.39, 0.29) is 12.0 Å². The Labute approximate surface area is 199 Å². The summed E-state index contributed by atoms with van der Waals surface area (Å²) in [6, 6.07) is 8.26. The van der Waals surface area contributed by atoms with Crippen LogP contribution in [-0.2, 0) is 27.3 Å². The molecule has 8 nitrogen and oxygen atoms in total. The van der Waals surface area contributed by atoms with E-state index in [2.05, 4.69) is 0 Å². The number of esters is 2. The van der Waals surface area contributed by atoms with Crippen molar-refractivity contribution in [2.45, 2.75) is 43.7 Å². The van der Waals surface area contributed by atoms with Crippen LogP contribution in [0.25, 0.3) is 0 Å². The normalized spacial score (nSPS) is 23.9. The van der Waals surface area contributed by atoms with Gasteiger partial charge in [0.25, 0.3) is 0 Å². The van der Waals surface area contributed by atoms with Gasteiger partial charge in [0.15, 0.2) is 5.06 Å². The van der Waals surface area contributed by atoms with Crippen LogP contribution in [0.15, 0.2) is 42.0 Å². The zero-order valence-electron chi connectivity index (χ0n) is 17.8. The summed E-state index contributed by atoms with van der Waals surface area (Å²) in [6.07, 6.45) is -2.14. The number of rotatable bonds is 5. The molecule has 4 atom stereocenters. The van der Waals surface area contributed by atoms with Gasteiger partial charge >= 0.3 is 11.9 Å². The lowest BCUT2D eigenvalue weighted by Gasteiger charge is -2.33. The number of carbonyl (C=O) groups is 2. The predicted molar refractivity (Wildman–Crippen MR) is 121 cm³/mol. The standard InChI is InChI=1S/C23H24ClNO7S/c1-31-23(30)20(14-4-2-3-5-15(14)24)25-7-6-18-13(11-25)10-19(33-18)32-22(29)12-8-16(26)21(28)17(27)9-12/h2-5,8,10,16-17,20-21,26-28H,6-7,9,11H2,1H3. The molecular formula is C23H24ClNO7S. The van der Waals surface area contributed by atoms with E-state index in [4.69, 9.17) is 21.1 Å². The van der Waals surface area contributed by atoms with E-state index in [9.17, 15) is 24.9 Å². The van der Waals surface area contributed by atoms with Crippen LogP contribution < -0.4 is 4.74 Å². The molecule has 0 radical (unpaired) electrons. The molecule has 1 aliphatic carbocycles. The van der Waals surface area contributed by atoms with Crippen molar-refractivity contribution in [3.63, 3.8) is 0 Å². The summed E-state index contributed by atoms with van der Waals surface area (Å²) in [5, 5.41) is 30.1.